The maximum absolute atomic E-state index is 12.8. The fraction of sp³-hybridized carbons (Fsp3) is 0.133. The molecule has 0 aliphatic carbocycles. The predicted molar refractivity (Wildman–Crippen MR) is 77.4 cm³/mol. The molecule has 20 heavy (non-hydrogen) atoms. The second-order valence-corrected chi connectivity index (χ2v) is 5.01. The maximum atomic E-state index is 12.8. The van der Waals surface area contributed by atoms with E-state index < -0.39 is 0 Å². The molecule has 0 heterocycles. The smallest absolute Gasteiger partial charge is 0.168 e. The van der Waals surface area contributed by atoms with E-state index in [-0.39, 0.29) is 23.0 Å². The van der Waals surface area contributed by atoms with E-state index in [0.29, 0.717) is 21.9 Å². The average molecular weight is 313 g/mol. The van der Waals surface area contributed by atoms with Gasteiger partial charge in [0.25, 0.3) is 0 Å². The summed E-state index contributed by atoms with van der Waals surface area (Å²) in [7, 11) is 1.47. The van der Waals surface area contributed by atoms with Crippen molar-refractivity contribution in [1.29, 1.82) is 0 Å². The summed E-state index contributed by atoms with van der Waals surface area (Å²) < 4.78 is 17.8. The highest BCUT2D eigenvalue weighted by Crippen LogP contribution is 2.31. The fourth-order valence-corrected chi connectivity index (χ4v) is 2.28. The van der Waals surface area contributed by atoms with Gasteiger partial charge in [0, 0.05) is 18.1 Å². The van der Waals surface area contributed by atoms with Crippen LogP contribution < -0.4 is 4.74 Å². The topological polar surface area (TPSA) is 26.3 Å². The molecule has 0 aliphatic rings. The molecule has 5 heteroatoms. The van der Waals surface area contributed by atoms with Crippen LogP contribution in [0.3, 0.4) is 0 Å². The molecule has 0 fully saturated rings. The number of hydrogen-bond donors (Lipinski definition) is 0. The van der Waals surface area contributed by atoms with Crippen LogP contribution in [0.2, 0.25) is 10.0 Å². The Labute approximate surface area is 126 Å². The molecular weight excluding hydrogens is 302 g/mol. The highest BCUT2D eigenvalue weighted by molar-refractivity contribution is 6.36. The molecule has 2 rings (SSSR count). The monoisotopic (exact) mass is 312 g/mol. The molecule has 0 radical (unpaired) electrons. The second-order valence-electron chi connectivity index (χ2n) is 4.19. The first-order chi connectivity index (χ1) is 9.51. The van der Waals surface area contributed by atoms with Crippen LogP contribution in [0.15, 0.2) is 36.4 Å². The van der Waals surface area contributed by atoms with Crippen molar-refractivity contribution in [2.45, 2.75) is 6.42 Å². The van der Waals surface area contributed by atoms with Crippen molar-refractivity contribution in [1.82, 2.24) is 0 Å². The zero-order valence-electron chi connectivity index (χ0n) is 10.6. The van der Waals surface area contributed by atoms with E-state index >= 15 is 0 Å². The molecule has 0 aliphatic heterocycles. The quantitative estimate of drug-likeness (QED) is 0.773. The number of benzene rings is 2. The van der Waals surface area contributed by atoms with Crippen molar-refractivity contribution in [2.24, 2.45) is 0 Å². The second kappa shape index (κ2) is 6.25. The van der Waals surface area contributed by atoms with Crippen molar-refractivity contribution in [3.8, 4) is 5.75 Å². The van der Waals surface area contributed by atoms with Crippen LogP contribution in [0.25, 0.3) is 0 Å². The molecule has 0 N–H and O–H groups in total. The van der Waals surface area contributed by atoms with Gasteiger partial charge < -0.3 is 4.74 Å². The summed E-state index contributed by atoms with van der Waals surface area (Å²) in [5.74, 6) is -0.118. The number of rotatable bonds is 4. The van der Waals surface area contributed by atoms with Gasteiger partial charge in [-0.2, -0.15) is 0 Å². The molecule has 2 nitrogen and oxygen atoms in total. The van der Waals surface area contributed by atoms with E-state index in [1.54, 1.807) is 12.1 Å². The summed E-state index contributed by atoms with van der Waals surface area (Å²) >= 11 is 12.0. The zero-order valence-corrected chi connectivity index (χ0v) is 12.1. The van der Waals surface area contributed by atoms with E-state index in [0.717, 1.165) is 0 Å². The largest absolute Gasteiger partial charge is 0.495 e. The SMILES string of the molecule is COc1cc(Cl)c(C(=O)Cc2ccc(F)cc2)cc1Cl. The zero-order chi connectivity index (χ0) is 14.7. The third-order valence-corrected chi connectivity index (χ3v) is 3.43. The number of hydrogen-bond acceptors (Lipinski definition) is 2. The first-order valence-electron chi connectivity index (χ1n) is 5.82. The van der Waals surface area contributed by atoms with Gasteiger partial charge >= 0.3 is 0 Å². The predicted octanol–water partition coefficient (Wildman–Crippen LogP) is 4.57. The molecule has 0 amide bonds. The van der Waals surface area contributed by atoms with E-state index in [2.05, 4.69) is 0 Å². The molecule has 0 saturated carbocycles. The number of Topliss-reactive ketones (excluding diaryl/α,β-unsaturated/α-hetero) is 1. The Kier molecular flexibility index (Phi) is 4.63. The van der Waals surface area contributed by atoms with Gasteiger partial charge in [-0.05, 0) is 23.8 Å². The molecule has 0 spiro atoms. The molecule has 0 saturated heterocycles. The highest BCUT2D eigenvalue weighted by Gasteiger charge is 2.15. The maximum Gasteiger partial charge on any atom is 0.168 e. The van der Waals surface area contributed by atoms with Crippen LogP contribution in [0, 0.1) is 5.82 Å². The van der Waals surface area contributed by atoms with Crippen molar-refractivity contribution in [3.63, 3.8) is 0 Å². The number of ether oxygens (including phenoxy) is 1. The lowest BCUT2D eigenvalue weighted by Gasteiger charge is -2.08. The van der Waals surface area contributed by atoms with Crippen LogP contribution in [0.1, 0.15) is 15.9 Å². The third kappa shape index (κ3) is 3.30. The number of carbonyl (C=O) groups is 1. The Bertz CT molecular complexity index is 639. The van der Waals surface area contributed by atoms with E-state index in [4.69, 9.17) is 27.9 Å². The minimum absolute atomic E-state index is 0.128. The summed E-state index contributed by atoms with van der Waals surface area (Å²) in [5.41, 5.74) is 1.03. The Morgan fingerprint density at radius 1 is 1.15 bits per heavy atom. The molecule has 0 aromatic heterocycles. The Balaban J connectivity index is 2.25. The minimum atomic E-state index is -0.341. The van der Waals surface area contributed by atoms with Crippen molar-refractivity contribution >= 4 is 29.0 Å². The summed E-state index contributed by atoms with van der Waals surface area (Å²) in [6, 6.07) is 8.73. The Morgan fingerprint density at radius 2 is 1.80 bits per heavy atom. The lowest BCUT2D eigenvalue weighted by atomic mass is 10.0. The van der Waals surface area contributed by atoms with E-state index in [1.165, 1.54) is 31.4 Å². The summed E-state index contributed by atoms with van der Waals surface area (Å²) in [4.78, 5) is 12.2. The molecule has 0 bridgehead atoms. The molecule has 0 atom stereocenters. The van der Waals surface area contributed by atoms with Gasteiger partial charge in [0.1, 0.15) is 11.6 Å². The highest BCUT2D eigenvalue weighted by atomic mass is 35.5. The van der Waals surface area contributed by atoms with Crippen molar-refractivity contribution in [2.75, 3.05) is 7.11 Å². The first kappa shape index (κ1) is 14.8. The van der Waals surface area contributed by atoms with E-state index in [9.17, 15) is 9.18 Å². The van der Waals surface area contributed by atoms with E-state index in [1.807, 2.05) is 0 Å². The lowest BCUT2D eigenvalue weighted by molar-refractivity contribution is 0.0993. The molecule has 2 aromatic rings. The Hall–Kier alpha value is -1.58. The van der Waals surface area contributed by atoms with Gasteiger partial charge in [0.2, 0.25) is 0 Å². The summed E-state index contributed by atoms with van der Waals surface area (Å²) in [6.07, 6.45) is 0.128. The molecule has 104 valence electrons. The van der Waals surface area contributed by atoms with Gasteiger partial charge in [0.15, 0.2) is 5.78 Å². The van der Waals surface area contributed by atoms with Crippen LogP contribution in [0.5, 0.6) is 5.75 Å². The van der Waals surface area contributed by atoms with Crippen LogP contribution in [0.4, 0.5) is 4.39 Å². The van der Waals surface area contributed by atoms with Crippen molar-refractivity contribution < 1.29 is 13.9 Å². The van der Waals surface area contributed by atoms with Crippen LogP contribution in [-0.2, 0) is 6.42 Å². The summed E-state index contributed by atoms with van der Waals surface area (Å²) in [5, 5.41) is 0.595. The Morgan fingerprint density at radius 3 is 2.40 bits per heavy atom. The fourth-order valence-electron chi connectivity index (χ4n) is 1.78. The number of halogens is 3. The van der Waals surface area contributed by atoms with Crippen LogP contribution in [-0.4, -0.2) is 12.9 Å². The molecule has 0 unspecified atom stereocenters. The van der Waals surface area contributed by atoms with Crippen LogP contribution >= 0.6 is 23.2 Å². The summed E-state index contributed by atoms with van der Waals surface area (Å²) in [6.45, 7) is 0. The average Bonchev–Trinajstić information content (AvgIpc) is 2.43. The van der Waals surface area contributed by atoms with Gasteiger partial charge in [-0.15, -0.1) is 0 Å². The van der Waals surface area contributed by atoms with Gasteiger partial charge in [-0.25, -0.2) is 4.39 Å². The number of ketones is 1. The number of methoxy groups -OCH3 is 1. The van der Waals surface area contributed by atoms with Crippen molar-refractivity contribution in [3.05, 3.63) is 63.4 Å². The first-order valence-corrected chi connectivity index (χ1v) is 6.57. The standard InChI is InChI=1S/C15H11Cl2FO2/c1-20-15-8-12(16)11(7-13(15)17)14(19)6-9-2-4-10(18)5-3-9/h2-5,7-8H,6H2,1H3. The minimum Gasteiger partial charge on any atom is -0.495 e. The number of carbonyl (C=O) groups excluding carboxylic acids is 1. The van der Waals surface area contributed by atoms with Gasteiger partial charge in [-0.3, -0.25) is 4.79 Å². The van der Waals surface area contributed by atoms with Gasteiger partial charge in [-0.1, -0.05) is 35.3 Å². The lowest BCUT2D eigenvalue weighted by Crippen LogP contribution is -2.05. The molecule has 2 aromatic carbocycles. The third-order valence-electron chi connectivity index (χ3n) is 2.82. The normalized spacial score (nSPS) is 10.4. The molecular formula is C15H11Cl2FO2. The van der Waals surface area contributed by atoms with Gasteiger partial charge in [0.05, 0.1) is 17.2 Å².